The predicted octanol–water partition coefficient (Wildman–Crippen LogP) is 3.53. The lowest BCUT2D eigenvalue weighted by Gasteiger charge is -2.17. The molecule has 2 N–H and O–H groups in total. The van der Waals surface area contributed by atoms with Crippen LogP contribution in [0.2, 0.25) is 0 Å². The first kappa shape index (κ1) is 21.1. The minimum absolute atomic E-state index is 0.0931. The van der Waals surface area contributed by atoms with Crippen molar-refractivity contribution in [2.24, 2.45) is 5.41 Å². The zero-order valence-corrected chi connectivity index (χ0v) is 16.2. The average molecular weight is 401 g/mol. The molecule has 0 unspecified atom stereocenters. The van der Waals surface area contributed by atoms with Crippen LogP contribution < -0.4 is 10.6 Å². The number of carbonyl (C=O) groups is 2. The zero-order chi connectivity index (χ0) is 20.2. The minimum Gasteiger partial charge on any atom is -0.354 e. The first-order chi connectivity index (χ1) is 12.5. The maximum absolute atomic E-state index is 12.7. The van der Waals surface area contributed by atoms with Crippen molar-refractivity contribution in [1.82, 2.24) is 15.6 Å². The summed E-state index contributed by atoms with van der Waals surface area (Å²) < 4.78 is 38.9. The van der Waals surface area contributed by atoms with Gasteiger partial charge in [-0.15, -0.1) is 11.3 Å². The van der Waals surface area contributed by atoms with Crippen molar-refractivity contribution in [2.45, 2.75) is 39.8 Å². The van der Waals surface area contributed by atoms with Crippen LogP contribution in [0.15, 0.2) is 18.2 Å². The largest absolute Gasteiger partial charge is 0.416 e. The highest BCUT2D eigenvalue weighted by molar-refractivity contribution is 7.18. The van der Waals surface area contributed by atoms with E-state index in [1.54, 1.807) is 20.8 Å². The molecule has 9 heteroatoms. The molecule has 0 bridgehead atoms. The molecule has 27 heavy (non-hydrogen) atoms. The number of aromatic nitrogens is 1. The Kier molecular flexibility index (Phi) is 6.46. The van der Waals surface area contributed by atoms with Gasteiger partial charge in [0, 0.05) is 31.3 Å². The van der Waals surface area contributed by atoms with Crippen molar-refractivity contribution in [3.8, 4) is 0 Å². The number of alkyl halides is 3. The summed E-state index contributed by atoms with van der Waals surface area (Å²) in [6.07, 6.45) is -3.87. The van der Waals surface area contributed by atoms with Crippen LogP contribution in [-0.2, 0) is 22.2 Å². The van der Waals surface area contributed by atoms with E-state index in [1.165, 1.54) is 17.4 Å². The number of benzene rings is 1. The molecule has 0 aliphatic carbocycles. The summed E-state index contributed by atoms with van der Waals surface area (Å²) in [5, 5.41) is 6.04. The summed E-state index contributed by atoms with van der Waals surface area (Å²) in [6, 6.07) is 3.45. The molecular formula is C18H22F3N3O2S. The second-order valence-corrected chi connectivity index (χ2v) is 8.26. The second-order valence-electron chi connectivity index (χ2n) is 7.14. The molecule has 2 aromatic rings. The molecule has 0 atom stereocenters. The van der Waals surface area contributed by atoms with Crippen LogP contribution in [0, 0.1) is 5.41 Å². The molecule has 2 rings (SSSR count). The van der Waals surface area contributed by atoms with Gasteiger partial charge in [-0.25, -0.2) is 4.98 Å². The number of hydrogen-bond donors (Lipinski definition) is 2. The van der Waals surface area contributed by atoms with Gasteiger partial charge < -0.3 is 10.6 Å². The molecule has 1 heterocycles. The van der Waals surface area contributed by atoms with Crippen LogP contribution >= 0.6 is 11.3 Å². The number of nitrogens with one attached hydrogen (secondary N) is 2. The van der Waals surface area contributed by atoms with E-state index < -0.39 is 17.2 Å². The van der Waals surface area contributed by atoms with Crippen molar-refractivity contribution in [3.63, 3.8) is 0 Å². The summed E-state index contributed by atoms with van der Waals surface area (Å²) >= 11 is 1.28. The first-order valence-electron chi connectivity index (χ1n) is 8.48. The lowest BCUT2D eigenvalue weighted by Crippen LogP contribution is -2.39. The molecule has 0 aliphatic heterocycles. The molecule has 0 fully saturated rings. The fraction of sp³-hybridized carbons (Fsp3) is 0.500. The van der Waals surface area contributed by atoms with Gasteiger partial charge in [0.1, 0.15) is 0 Å². The Morgan fingerprint density at radius 3 is 2.41 bits per heavy atom. The monoisotopic (exact) mass is 401 g/mol. The fourth-order valence-electron chi connectivity index (χ4n) is 2.21. The summed E-state index contributed by atoms with van der Waals surface area (Å²) in [7, 11) is 0. The van der Waals surface area contributed by atoms with Crippen molar-refractivity contribution < 1.29 is 22.8 Å². The van der Waals surface area contributed by atoms with E-state index in [4.69, 9.17) is 0 Å². The van der Waals surface area contributed by atoms with Gasteiger partial charge in [0.25, 0.3) is 0 Å². The summed E-state index contributed by atoms with van der Waals surface area (Å²) in [6.45, 7) is 6.06. The van der Waals surface area contributed by atoms with E-state index in [1.807, 2.05) is 0 Å². The third kappa shape index (κ3) is 6.20. The fourth-order valence-corrected chi connectivity index (χ4v) is 3.16. The number of rotatable bonds is 6. The third-order valence-electron chi connectivity index (χ3n) is 3.74. The normalized spacial score (nSPS) is 12.2. The van der Waals surface area contributed by atoms with Crippen molar-refractivity contribution in [1.29, 1.82) is 0 Å². The Balaban J connectivity index is 1.80. The molecule has 0 radical (unpaired) electrons. The van der Waals surface area contributed by atoms with Crippen molar-refractivity contribution >= 4 is 33.4 Å². The van der Waals surface area contributed by atoms with Gasteiger partial charge in [-0.3, -0.25) is 9.59 Å². The first-order valence-corrected chi connectivity index (χ1v) is 9.30. The Hall–Kier alpha value is -2.16. The topological polar surface area (TPSA) is 71.1 Å². The molecule has 0 aliphatic rings. The van der Waals surface area contributed by atoms with E-state index in [0.29, 0.717) is 29.2 Å². The summed E-state index contributed by atoms with van der Waals surface area (Å²) in [5.41, 5.74) is -0.930. The Morgan fingerprint density at radius 2 is 1.78 bits per heavy atom. The quantitative estimate of drug-likeness (QED) is 0.728. The number of fused-ring (bicyclic) bond motifs is 1. The van der Waals surface area contributed by atoms with Crippen LogP contribution in [-0.4, -0.2) is 29.9 Å². The molecular weight excluding hydrogens is 379 g/mol. The van der Waals surface area contributed by atoms with Gasteiger partial charge in [-0.2, -0.15) is 13.2 Å². The van der Waals surface area contributed by atoms with E-state index in [-0.39, 0.29) is 23.8 Å². The number of halogens is 3. The number of hydrogen-bond acceptors (Lipinski definition) is 4. The molecule has 5 nitrogen and oxygen atoms in total. The highest BCUT2D eigenvalue weighted by atomic mass is 32.1. The van der Waals surface area contributed by atoms with Gasteiger partial charge in [0.15, 0.2) is 0 Å². The SMILES string of the molecule is CC(C)(C)C(=O)NCCNC(=O)CCc1nc2cc(C(F)(F)F)ccc2s1. The maximum Gasteiger partial charge on any atom is 0.416 e. The smallest absolute Gasteiger partial charge is 0.354 e. The van der Waals surface area contributed by atoms with Crippen LogP contribution in [0.3, 0.4) is 0 Å². The lowest BCUT2D eigenvalue weighted by molar-refractivity contribution is -0.137. The number of nitrogens with zero attached hydrogens (tertiary/aromatic N) is 1. The van der Waals surface area contributed by atoms with Crippen LogP contribution in [0.5, 0.6) is 0 Å². The van der Waals surface area contributed by atoms with Crippen LogP contribution in [0.1, 0.15) is 37.8 Å². The molecule has 0 spiro atoms. The van der Waals surface area contributed by atoms with Gasteiger partial charge in [0.2, 0.25) is 11.8 Å². The third-order valence-corrected chi connectivity index (χ3v) is 4.84. The van der Waals surface area contributed by atoms with Crippen molar-refractivity contribution in [2.75, 3.05) is 13.1 Å². The lowest BCUT2D eigenvalue weighted by atomic mass is 9.96. The number of aryl methyl sites for hydroxylation is 1. The van der Waals surface area contributed by atoms with Crippen molar-refractivity contribution in [3.05, 3.63) is 28.8 Å². The van der Waals surface area contributed by atoms with E-state index in [0.717, 1.165) is 12.1 Å². The van der Waals surface area contributed by atoms with E-state index in [2.05, 4.69) is 15.6 Å². The van der Waals surface area contributed by atoms with E-state index in [9.17, 15) is 22.8 Å². The number of thiazole rings is 1. The molecule has 0 saturated carbocycles. The second kappa shape index (κ2) is 8.24. The standard InChI is InChI=1S/C18H22F3N3O2S/c1-17(2,3)16(26)23-9-8-22-14(25)6-7-15-24-12-10-11(18(19,20)21)4-5-13(12)27-15/h4-5,10H,6-9H2,1-3H3,(H,22,25)(H,23,26). The molecule has 0 saturated heterocycles. The van der Waals surface area contributed by atoms with Gasteiger partial charge in [0.05, 0.1) is 20.8 Å². The number of carbonyl (C=O) groups excluding carboxylic acids is 2. The average Bonchev–Trinajstić information content (AvgIpc) is 2.97. The molecule has 1 aromatic heterocycles. The predicted molar refractivity (Wildman–Crippen MR) is 98.4 cm³/mol. The molecule has 1 aromatic carbocycles. The Labute approximate surface area is 159 Å². The van der Waals surface area contributed by atoms with Crippen LogP contribution in [0.25, 0.3) is 10.2 Å². The van der Waals surface area contributed by atoms with Gasteiger partial charge in [-0.05, 0) is 18.2 Å². The summed E-state index contributed by atoms with van der Waals surface area (Å²) in [5.74, 6) is -0.292. The van der Waals surface area contributed by atoms with Gasteiger partial charge in [-0.1, -0.05) is 20.8 Å². The highest BCUT2D eigenvalue weighted by Gasteiger charge is 2.30. The zero-order valence-electron chi connectivity index (χ0n) is 15.4. The molecule has 2 amide bonds. The molecule has 148 valence electrons. The van der Waals surface area contributed by atoms with Gasteiger partial charge >= 0.3 is 6.18 Å². The number of amides is 2. The van der Waals surface area contributed by atoms with E-state index >= 15 is 0 Å². The Morgan fingerprint density at radius 1 is 1.11 bits per heavy atom. The highest BCUT2D eigenvalue weighted by Crippen LogP contribution is 2.33. The summed E-state index contributed by atoms with van der Waals surface area (Å²) in [4.78, 5) is 27.7. The van der Waals surface area contributed by atoms with Crippen LogP contribution in [0.4, 0.5) is 13.2 Å². The maximum atomic E-state index is 12.7. The Bertz CT molecular complexity index is 825. The minimum atomic E-state index is -4.40.